The number of amides is 4. The van der Waals surface area contributed by atoms with E-state index in [2.05, 4.69) is 0 Å². The van der Waals surface area contributed by atoms with Gasteiger partial charge in [0.25, 0.3) is 23.6 Å². The van der Waals surface area contributed by atoms with Crippen LogP contribution in [0.15, 0.2) is 24.3 Å². The van der Waals surface area contributed by atoms with Crippen molar-refractivity contribution in [2.24, 2.45) is 0 Å². The van der Waals surface area contributed by atoms with Crippen molar-refractivity contribution in [3.05, 3.63) is 46.5 Å². The number of benzene rings is 2. The first kappa shape index (κ1) is 16.4. The van der Waals surface area contributed by atoms with Crippen LogP contribution in [0.25, 0.3) is 10.8 Å². The van der Waals surface area contributed by atoms with Gasteiger partial charge in [0.05, 0.1) is 0 Å². The molecule has 0 aromatic heterocycles. The molecule has 0 N–H and O–H groups in total. The van der Waals surface area contributed by atoms with E-state index in [-0.39, 0.29) is 46.1 Å². The molecule has 4 rings (SSSR count). The molecule has 8 heteroatoms. The molecule has 8 nitrogen and oxygen atoms in total. The first-order valence-electron chi connectivity index (χ1n) is 7.99. The molecule has 0 radical (unpaired) electrons. The van der Waals surface area contributed by atoms with Crippen LogP contribution in [0, 0.1) is 0 Å². The van der Waals surface area contributed by atoms with Gasteiger partial charge >= 0.3 is 0 Å². The number of carbonyl (C=O) groups is 4. The zero-order valence-corrected chi connectivity index (χ0v) is 13.5. The Morgan fingerprint density at radius 2 is 0.846 bits per heavy atom. The van der Waals surface area contributed by atoms with Gasteiger partial charge in [0.2, 0.25) is 0 Å². The zero-order chi connectivity index (χ0) is 18.6. The Bertz CT molecular complexity index is 861. The fourth-order valence-electron chi connectivity index (χ4n) is 3.56. The highest BCUT2D eigenvalue weighted by molar-refractivity contribution is 6.33. The molecular weight excluding hydrogens is 340 g/mol. The Hall–Kier alpha value is -3.10. The highest BCUT2D eigenvalue weighted by atomic mass is 16.3. The maximum Gasteiger partial charge on any atom is 0.261 e. The molecule has 0 fully saturated rings. The Morgan fingerprint density at radius 3 is 1.08 bits per heavy atom. The van der Waals surface area contributed by atoms with E-state index in [1.165, 1.54) is 24.3 Å². The Balaban J connectivity index is 2.02. The molecule has 0 unspecified atom stereocenters. The van der Waals surface area contributed by atoms with E-state index < -0.39 is 36.8 Å². The SMILES string of the molecule is O=C1c2ccc3c4c(ccc(c24)C(=O)N1CC[O-])C(=O)N(CC[O-])C3=O. The van der Waals surface area contributed by atoms with Crippen molar-refractivity contribution in [3.63, 3.8) is 0 Å². The van der Waals surface area contributed by atoms with Gasteiger partial charge in [-0.1, -0.05) is 0 Å². The zero-order valence-electron chi connectivity index (χ0n) is 13.5. The van der Waals surface area contributed by atoms with E-state index in [1.807, 2.05) is 0 Å². The molecule has 2 aliphatic rings. The van der Waals surface area contributed by atoms with Crippen LogP contribution in [0.4, 0.5) is 0 Å². The normalized spacial score (nSPS) is 16.1. The van der Waals surface area contributed by atoms with Crippen molar-refractivity contribution in [1.82, 2.24) is 9.80 Å². The second kappa shape index (κ2) is 5.72. The summed E-state index contributed by atoms with van der Waals surface area (Å²) in [5.74, 6) is -2.49. The van der Waals surface area contributed by atoms with E-state index in [0.717, 1.165) is 9.80 Å². The summed E-state index contributed by atoms with van der Waals surface area (Å²) in [7, 11) is 0. The van der Waals surface area contributed by atoms with Gasteiger partial charge in [-0.25, -0.2) is 0 Å². The standard InChI is InChI=1S/C18H12N2O6/c21-7-5-19-15(23)9-1-2-10-14-12(4-3-11(13(9)14)17(19)25)18(26)20(6-8-22)16(10)24/h1-4H,5-8H2/q-2. The number of imide groups is 2. The summed E-state index contributed by atoms with van der Waals surface area (Å²) >= 11 is 0. The highest BCUT2D eigenvalue weighted by Crippen LogP contribution is 2.37. The summed E-state index contributed by atoms with van der Waals surface area (Å²) in [6.07, 6.45) is 0. The Labute approximate surface area is 147 Å². The lowest BCUT2D eigenvalue weighted by Crippen LogP contribution is -2.46. The highest BCUT2D eigenvalue weighted by Gasteiger charge is 2.38. The van der Waals surface area contributed by atoms with Crippen molar-refractivity contribution in [2.75, 3.05) is 26.3 Å². The predicted molar refractivity (Wildman–Crippen MR) is 84.4 cm³/mol. The van der Waals surface area contributed by atoms with Gasteiger partial charge in [0.15, 0.2) is 0 Å². The summed E-state index contributed by atoms with van der Waals surface area (Å²) in [5, 5.41) is 22.4. The summed E-state index contributed by atoms with van der Waals surface area (Å²) in [4.78, 5) is 52.2. The van der Waals surface area contributed by atoms with E-state index in [1.54, 1.807) is 0 Å². The van der Waals surface area contributed by atoms with Crippen LogP contribution in [-0.2, 0) is 0 Å². The van der Waals surface area contributed by atoms with Crippen molar-refractivity contribution in [2.45, 2.75) is 0 Å². The second-order valence-corrected chi connectivity index (χ2v) is 6.00. The monoisotopic (exact) mass is 352 g/mol. The van der Waals surface area contributed by atoms with Crippen LogP contribution >= 0.6 is 0 Å². The van der Waals surface area contributed by atoms with Gasteiger partial charge in [-0.3, -0.25) is 29.0 Å². The number of hydrogen-bond donors (Lipinski definition) is 0. The molecule has 4 amide bonds. The van der Waals surface area contributed by atoms with Crippen molar-refractivity contribution >= 4 is 34.4 Å². The maximum absolute atomic E-state index is 12.6. The molecule has 0 saturated heterocycles. The van der Waals surface area contributed by atoms with Crippen molar-refractivity contribution < 1.29 is 29.4 Å². The average molecular weight is 352 g/mol. The lowest BCUT2D eigenvalue weighted by Gasteiger charge is -2.32. The van der Waals surface area contributed by atoms with E-state index in [9.17, 15) is 29.4 Å². The summed E-state index contributed by atoms with van der Waals surface area (Å²) in [6, 6.07) is 5.67. The van der Waals surface area contributed by atoms with Crippen molar-refractivity contribution in [1.29, 1.82) is 0 Å². The van der Waals surface area contributed by atoms with Crippen LogP contribution in [0.1, 0.15) is 41.4 Å². The molecule has 2 aromatic carbocycles. The molecular formula is C18H12N2O6-2. The third-order valence-electron chi connectivity index (χ3n) is 4.69. The van der Waals surface area contributed by atoms with E-state index in [0.29, 0.717) is 0 Å². The summed E-state index contributed by atoms with van der Waals surface area (Å²) in [5.41, 5.74) is 0.691. The molecule has 2 aliphatic heterocycles. The first-order valence-corrected chi connectivity index (χ1v) is 7.99. The van der Waals surface area contributed by atoms with E-state index >= 15 is 0 Å². The number of hydrogen-bond acceptors (Lipinski definition) is 6. The predicted octanol–water partition coefficient (Wildman–Crippen LogP) is -1.25. The molecule has 26 heavy (non-hydrogen) atoms. The second-order valence-electron chi connectivity index (χ2n) is 6.00. The largest absolute Gasteiger partial charge is 0.853 e. The van der Waals surface area contributed by atoms with Gasteiger partial charge in [0, 0.05) is 46.1 Å². The molecule has 0 saturated carbocycles. The average Bonchev–Trinajstić information content (AvgIpc) is 2.64. The van der Waals surface area contributed by atoms with Crippen molar-refractivity contribution in [3.8, 4) is 0 Å². The van der Waals surface area contributed by atoms with Gasteiger partial charge in [-0.05, 0) is 24.3 Å². The molecule has 0 aliphatic carbocycles. The van der Waals surface area contributed by atoms with Crippen LogP contribution in [-0.4, -0.2) is 59.7 Å². The minimum Gasteiger partial charge on any atom is -0.853 e. The number of rotatable bonds is 4. The maximum atomic E-state index is 12.6. The Morgan fingerprint density at radius 1 is 0.577 bits per heavy atom. The minimum atomic E-state index is -0.621. The van der Waals surface area contributed by atoms with Gasteiger partial charge in [-0.15, -0.1) is 13.2 Å². The fraction of sp³-hybridized carbons (Fsp3) is 0.222. The third kappa shape index (κ3) is 1.97. The number of carbonyl (C=O) groups excluding carboxylic acids is 4. The van der Waals surface area contributed by atoms with E-state index in [4.69, 9.17) is 0 Å². The molecule has 2 aromatic rings. The molecule has 0 spiro atoms. The third-order valence-corrected chi connectivity index (χ3v) is 4.69. The Kier molecular flexibility index (Phi) is 3.60. The van der Waals surface area contributed by atoms with Gasteiger partial charge in [0.1, 0.15) is 0 Å². The van der Waals surface area contributed by atoms with Crippen LogP contribution in [0.5, 0.6) is 0 Å². The lowest BCUT2D eigenvalue weighted by molar-refractivity contribution is -0.367. The van der Waals surface area contributed by atoms with Crippen LogP contribution in [0.2, 0.25) is 0 Å². The van der Waals surface area contributed by atoms with Gasteiger partial charge in [-0.2, -0.15) is 0 Å². The lowest BCUT2D eigenvalue weighted by atomic mass is 9.86. The first-order chi connectivity index (χ1) is 12.5. The fourth-order valence-corrected chi connectivity index (χ4v) is 3.56. The number of nitrogens with zero attached hydrogens (tertiary/aromatic N) is 2. The molecule has 0 atom stereocenters. The van der Waals surface area contributed by atoms with Crippen LogP contribution in [0.3, 0.4) is 0 Å². The van der Waals surface area contributed by atoms with Crippen LogP contribution < -0.4 is 10.2 Å². The summed E-state index contributed by atoms with van der Waals surface area (Å²) in [6.45, 7) is -1.74. The smallest absolute Gasteiger partial charge is 0.261 e. The summed E-state index contributed by atoms with van der Waals surface area (Å²) < 4.78 is 0. The van der Waals surface area contributed by atoms with Gasteiger partial charge < -0.3 is 10.2 Å². The molecule has 2 heterocycles. The minimum absolute atomic E-state index is 0.173. The quantitative estimate of drug-likeness (QED) is 0.634. The molecule has 132 valence electrons. The topological polar surface area (TPSA) is 121 Å². The molecule has 0 bridgehead atoms.